The van der Waals surface area contributed by atoms with Crippen molar-refractivity contribution < 1.29 is 17.9 Å². The maximum absolute atomic E-state index is 11.6. The number of fused-ring (bicyclic) bond motifs is 1. The van der Waals surface area contributed by atoms with Crippen LogP contribution >= 0.6 is 0 Å². The van der Waals surface area contributed by atoms with E-state index in [1.807, 2.05) is 31.3 Å². The quantitative estimate of drug-likeness (QED) is 0.596. The highest BCUT2D eigenvalue weighted by Crippen LogP contribution is 2.44. The molecule has 1 heterocycles. The zero-order chi connectivity index (χ0) is 21.8. The second-order valence-corrected chi connectivity index (χ2v) is 10.2. The maximum atomic E-state index is 11.6. The molecule has 30 heavy (non-hydrogen) atoms. The van der Waals surface area contributed by atoms with Crippen LogP contribution in [0.15, 0.2) is 48.5 Å². The van der Waals surface area contributed by atoms with Crippen LogP contribution in [0, 0.1) is 0 Å². The van der Waals surface area contributed by atoms with Crippen molar-refractivity contribution >= 4 is 10.0 Å². The van der Waals surface area contributed by atoms with Crippen LogP contribution in [0.3, 0.4) is 0 Å². The molecule has 0 fully saturated rings. The molecule has 6 nitrogen and oxygen atoms in total. The van der Waals surface area contributed by atoms with Crippen LogP contribution in [0.1, 0.15) is 37.8 Å². The van der Waals surface area contributed by atoms with Crippen LogP contribution in [-0.2, 0) is 16.4 Å². The van der Waals surface area contributed by atoms with Crippen molar-refractivity contribution in [2.75, 3.05) is 26.0 Å². The van der Waals surface area contributed by atoms with Gasteiger partial charge in [0, 0.05) is 18.0 Å². The average molecular weight is 433 g/mol. The predicted molar refractivity (Wildman–Crippen MR) is 120 cm³/mol. The molecule has 1 aliphatic rings. The minimum absolute atomic E-state index is 0.0611. The molecule has 0 bridgehead atoms. The van der Waals surface area contributed by atoms with Crippen LogP contribution in [0.4, 0.5) is 0 Å². The van der Waals surface area contributed by atoms with Crippen molar-refractivity contribution in [3.05, 3.63) is 59.7 Å². The zero-order valence-corrected chi connectivity index (χ0v) is 19.0. The Hall–Kier alpha value is -2.09. The largest absolute Gasteiger partial charge is 0.492 e. The minimum Gasteiger partial charge on any atom is -0.492 e. The van der Waals surface area contributed by atoms with E-state index in [1.54, 1.807) is 6.92 Å². The number of rotatable bonds is 9. The number of hydrogen-bond acceptors (Lipinski definition) is 5. The summed E-state index contributed by atoms with van der Waals surface area (Å²) in [5.74, 6) is 1.84. The molecule has 2 aromatic carbocycles. The van der Waals surface area contributed by atoms with Gasteiger partial charge in [0.25, 0.3) is 0 Å². The first-order chi connectivity index (χ1) is 14.3. The van der Waals surface area contributed by atoms with E-state index in [0.29, 0.717) is 5.75 Å². The summed E-state index contributed by atoms with van der Waals surface area (Å²) in [6.45, 7) is 6.34. The fourth-order valence-corrected chi connectivity index (χ4v) is 4.72. The molecule has 0 spiro atoms. The number of nitrogens with one attached hydrogen (secondary N) is 2. The van der Waals surface area contributed by atoms with E-state index in [-0.39, 0.29) is 36.5 Å². The summed E-state index contributed by atoms with van der Waals surface area (Å²) in [5.41, 5.74) is 2.01. The standard InChI is InChI=1S/C23H32N2O4S/c1-5-30(26,27)25-13-14-28-18-11-12-21-19(16-18)20(15-17-9-7-6-8-10-17)22(24-4)23(2,3)29-21/h6-12,16,20,22,24-25H,5,13-15H2,1-4H3/t20-,22-/m0/s1. The molecule has 2 aromatic rings. The monoisotopic (exact) mass is 432 g/mol. The lowest BCUT2D eigenvalue weighted by molar-refractivity contribution is 0.0364. The smallest absolute Gasteiger partial charge is 0.211 e. The number of ether oxygens (including phenoxy) is 2. The summed E-state index contributed by atoms with van der Waals surface area (Å²) in [6, 6.07) is 16.4. The molecule has 0 aromatic heterocycles. The van der Waals surface area contributed by atoms with Gasteiger partial charge in [-0.3, -0.25) is 0 Å². The molecule has 0 saturated heterocycles. The summed E-state index contributed by atoms with van der Waals surface area (Å²) in [4.78, 5) is 0. The fourth-order valence-electron chi connectivity index (χ4n) is 4.12. The van der Waals surface area contributed by atoms with E-state index in [1.165, 1.54) is 5.56 Å². The van der Waals surface area contributed by atoms with Gasteiger partial charge in [0.1, 0.15) is 23.7 Å². The normalized spacial score (nSPS) is 20.3. The second-order valence-electron chi connectivity index (χ2n) is 8.11. The molecule has 0 aliphatic carbocycles. The Morgan fingerprint density at radius 1 is 1.13 bits per heavy atom. The lowest BCUT2D eigenvalue weighted by Gasteiger charge is -2.45. The average Bonchev–Trinajstić information content (AvgIpc) is 2.72. The lowest BCUT2D eigenvalue weighted by atomic mass is 9.76. The molecule has 0 amide bonds. The molecular weight excluding hydrogens is 400 g/mol. The van der Waals surface area contributed by atoms with Gasteiger partial charge >= 0.3 is 0 Å². The highest BCUT2D eigenvalue weighted by molar-refractivity contribution is 7.89. The summed E-state index contributed by atoms with van der Waals surface area (Å²) < 4.78 is 37.8. The molecular formula is C23H32N2O4S. The van der Waals surface area contributed by atoms with Crippen molar-refractivity contribution in [2.24, 2.45) is 0 Å². The summed E-state index contributed by atoms with van der Waals surface area (Å²) in [6.07, 6.45) is 0.881. The van der Waals surface area contributed by atoms with Gasteiger partial charge in [-0.15, -0.1) is 0 Å². The molecule has 1 aliphatic heterocycles. The van der Waals surface area contributed by atoms with Gasteiger partial charge in [0.2, 0.25) is 10.0 Å². The maximum Gasteiger partial charge on any atom is 0.211 e. The van der Waals surface area contributed by atoms with Crippen LogP contribution in [0.2, 0.25) is 0 Å². The third-order valence-corrected chi connectivity index (χ3v) is 6.99. The SMILES string of the molecule is CCS(=O)(=O)NCCOc1ccc2c(c1)[C@H](Cc1ccccc1)[C@H](NC)C(C)(C)O2. The van der Waals surface area contributed by atoms with Crippen molar-refractivity contribution in [1.82, 2.24) is 10.0 Å². The Morgan fingerprint density at radius 3 is 2.53 bits per heavy atom. The molecule has 164 valence electrons. The van der Waals surface area contributed by atoms with Gasteiger partial charge in [-0.05, 0) is 58.0 Å². The van der Waals surface area contributed by atoms with Gasteiger partial charge in [0.05, 0.1) is 11.8 Å². The number of sulfonamides is 1. The molecule has 0 saturated carbocycles. The summed E-state index contributed by atoms with van der Waals surface area (Å²) >= 11 is 0. The molecule has 0 unspecified atom stereocenters. The van der Waals surface area contributed by atoms with Crippen LogP contribution in [-0.4, -0.2) is 46.0 Å². The van der Waals surface area contributed by atoms with E-state index in [9.17, 15) is 8.42 Å². The van der Waals surface area contributed by atoms with Crippen molar-refractivity contribution in [3.63, 3.8) is 0 Å². The van der Waals surface area contributed by atoms with Gasteiger partial charge in [-0.1, -0.05) is 30.3 Å². The Bertz CT molecular complexity index is 945. The topological polar surface area (TPSA) is 76.7 Å². The highest BCUT2D eigenvalue weighted by Gasteiger charge is 2.43. The first kappa shape index (κ1) is 22.6. The third kappa shape index (κ3) is 5.33. The van der Waals surface area contributed by atoms with Crippen LogP contribution in [0.5, 0.6) is 11.5 Å². The molecule has 2 N–H and O–H groups in total. The molecule has 2 atom stereocenters. The van der Waals surface area contributed by atoms with E-state index >= 15 is 0 Å². The second kappa shape index (κ2) is 9.37. The van der Waals surface area contributed by atoms with Gasteiger partial charge in [0.15, 0.2) is 0 Å². The van der Waals surface area contributed by atoms with E-state index in [0.717, 1.165) is 17.7 Å². The molecule has 0 radical (unpaired) electrons. The first-order valence-electron chi connectivity index (χ1n) is 10.4. The number of likely N-dealkylation sites (N-methyl/N-ethyl adjacent to an activating group) is 1. The summed E-state index contributed by atoms with van der Waals surface area (Å²) in [5, 5.41) is 3.46. The Balaban J connectivity index is 1.82. The zero-order valence-electron chi connectivity index (χ0n) is 18.1. The lowest BCUT2D eigenvalue weighted by Crippen LogP contribution is -2.55. The van der Waals surface area contributed by atoms with E-state index < -0.39 is 10.0 Å². The van der Waals surface area contributed by atoms with Crippen molar-refractivity contribution in [1.29, 1.82) is 0 Å². The summed E-state index contributed by atoms with van der Waals surface area (Å²) in [7, 11) is -1.24. The molecule has 3 rings (SSSR count). The van der Waals surface area contributed by atoms with E-state index in [4.69, 9.17) is 9.47 Å². The predicted octanol–water partition coefficient (Wildman–Crippen LogP) is 3.09. The van der Waals surface area contributed by atoms with E-state index in [2.05, 4.69) is 48.2 Å². The number of benzene rings is 2. The van der Waals surface area contributed by atoms with Gasteiger partial charge in [-0.25, -0.2) is 13.1 Å². The Morgan fingerprint density at radius 2 is 1.87 bits per heavy atom. The van der Waals surface area contributed by atoms with Gasteiger partial charge < -0.3 is 14.8 Å². The third-order valence-electron chi connectivity index (χ3n) is 5.59. The van der Waals surface area contributed by atoms with Crippen LogP contribution < -0.4 is 19.5 Å². The minimum atomic E-state index is -3.21. The highest BCUT2D eigenvalue weighted by atomic mass is 32.2. The first-order valence-corrected chi connectivity index (χ1v) is 12.0. The Kier molecular flexibility index (Phi) is 7.06. The number of hydrogen-bond donors (Lipinski definition) is 2. The molecule has 7 heteroatoms. The van der Waals surface area contributed by atoms with Crippen molar-refractivity contribution in [3.8, 4) is 11.5 Å². The van der Waals surface area contributed by atoms with Gasteiger partial charge in [-0.2, -0.15) is 0 Å². The van der Waals surface area contributed by atoms with Crippen LogP contribution in [0.25, 0.3) is 0 Å². The fraction of sp³-hybridized carbons (Fsp3) is 0.478. The Labute approximate surface area is 180 Å². The van der Waals surface area contributed by atoms with Crippen molar-refractivity contribution in [2.45, 2.75) is 44.8 Å².